The van der Waals surface area contributed by atoms with Gasteiger partial charge in [-0.1, -0.05) is 11.6 Å². The van der Waals surface area contributed by atoms with Crippen LogP contribution in [0.1, 0.15) is 18.4 Å². The molecular formula is C12H13ClN2O3. The summed E-state index contributed by atoms with van der Waals surface area (Å²) in [6.45, 7) is 0.131. The van der Waals surface area contributed by atoms with Crippen molar-refractivity contribution in [2.75, 3.05) is 6.61 Å². The number of hydrogen-bond donors (Lipinski definition) is 3. The Hall–Kier alpha value is -1.59. The second kappa shape index (κ2) is 5.37. The van der Waals surface area contributed by atoms with Crippen LogP contribution in [0.25, 0.3) is 11.0 Å². The molecule has 0 bridgehead atoms. The number of aliphatic hydroxyl groups is 1. The first-order valence-electron chi connectivity index (χ1n) is 5.67. The predicted octanol–water partition coefficient (Wildman–Crippen LogP) is 1.18. The van der Waals surface area contributed by atoms with E-state index in [-0.39, 0.29) is 6.61 Å². The average Bonchev–Trinajstić information content (AvgIpc) is 2.32. The molecule has 0 saturated heterocycles. The molecule has 0 aliphatic carbocycles. The molecule has 1 heterocycles. The fourth-order valence-corrected chi connectivity index (χ4v) is 2.12. The highest BCUT2D eigenvalue weighted by Crippen LogP contribution is 2.21. The van der Waals surface area contributed by atoms with Gasteiger partial charge in [0.1, 0.15) is 0 Å². The van der Waals surface area contributed by atoms with Gasteiger partial charge in [-0.3, -0.25) is 9.59 Å². The third-order valence-electron chi connectivity index (χ3n) is 2.73. The lowest BCUT2D eigenvalue weighted by atomic mass is 10.1. The van der Waals surface area contributed by atoms with Crippen LogP contribution >= 0.6 is 11.6 Å². The minimum Gasteiger partial charge on any atom is -0.396 e. The smallest absolute Gasteiger partial charge is 0.314 e. The molecule has 0 aliphatic heterocycles. The zero-order valence-corrected chi connectivity index (χ0v) is 10.4. The van der Waals surface area contributed by atoms with Gasteiger partial charge in [-0.2, -0.15) is 0 Å². The first-order chi connectivity index (χ1) is 8.61. The molecule has 0 spiro atoms. The molecule has 0 unspecified atom stereocenters. The molecule has 0 radical (unpaired) electrons. The third-order valence-corrected chi connectivity index (χ3v) is 2.95. The zero-order chi connectivity index (χ0) is 13.1. The minimum atomic E-state index is -0.689. The van der Waals surface area contributed by atoms with Crippen molar-refractivity contribution in [1.29, 1.82) is 0 Å². The molecule has 96 valence electrons. The van der Waals surface area contributed by atoms with Gasteiger partial charge in [-0.05, 0) is 37.0 Å². The summed E-state index contributed by atoms with van der Waals surface area (Å²) in [5.41, 5.74) is 0.617. The second-order valence-corrected chi connectivity index (χ2v) is 4.51. The summed E-state index contributed by atoms with van der Waals surface area (Å²) in [4.78, 5) is 27.6. The van der Waals surface area contributed by atoms with Crippen LogP contribution in [-0.2, 0) is 6.42 Å². The monoisotopic (exact) mass is 268 g/mol. The number of H-pyrrole nitrogens is 2. The Labute approximate surface area is 107 Å². The standard InChI is InChI=1S/C12H13ClN2O3/c13-8-5-7(3-1-2-4-16)10-9(6-8)14-11(17)12(18)15-10/h5-6,16H,1-4H2,(H,14,17)(H,15,18). The largest absolute Gasteiger partial charge is 0.396 e. The lowest BCUT2D eigenvalue weighted by Gasteiger charge is -2.06. The first kappa shape index (κ1) is 12.9. The van der Waals surface area contributed by atoms with Gasteiger partial charge < -0.3 is 15.1 Å². The molecule has 0 aliphatic rings. The van der Waals surface area contributed by atoms with E-state index in [0.717, 1.165) is 12.0 Å². The molecule has 0 saturated carbocycles. The van der Waals surface area contributed by atoms with Crippen molar-refractivity contribution < 1.29 is 5.11 Å². The SMILES string of the molecule is O=c1[nH]c2cc(Cl)cc(CCCCO)c2[nH]c1=O. The highest BCUT2D eigenvalue weighted by Gasteiger charge is 2.06. The second-order valence-electron chi connectivity index (χ2n) is 4.08. The molecular weight excluding hydrogens is 256 g/mol. The van der Waals surface area contributed by atoms with Gasteiger partial charge in [0.25, 0.3) is 0 Å². The number of halogens is 1. The number of hydrogen-bond acceptors (Lipinski definition) is 3. The Morgan fingerprint density at radius 2 is 1.83 bits per heavy atom. The third kappa shape index (κ3) is 2.63. The number of aromatic nitrogens is 2. The highest BCUT2D eigenvalue weighted by molar-refractivity contribution is 6.31. The maximum atomic E-state index is 11.3. The molecule has 1 aromatic heterocycles. The van der Waals surface area contributed by atoms with Crippen LogP contribution in [-0.4, -0.2) is 21.7 Å². The molecule has 0 fully saturated rings. The number of aromatic amines is 2. The van der Waals surface area contributed by atoms with Gasteiger partial charge in [-0.25, -0.2) is 0 Å². The van der Waals surface area contributed by atoms with E-state index in [4.69, 9.17) is 16.7 Å². The van der Waals surface area contributed by atoms with Crippen molar-refractivity contribution in [3.63, 3.8) is 0 Å². The van der Waals surface area contributed by atoms with E-state index in [1.807, 2.05) is 0 Å². The maximum Gasteiger partial charge on any atom is 0.314 e. The molecule has 0 amide bonds. The van der Waals surface area contributed by atoms with E-state index in [2.05, 4.69) is 9.97 Å². The van der Waals surface area contributed by atoms with E-state index in [9.17, 15) is 9.59 Å². The highest BCUT2D eigenvalue weighted by atomic mass is 35.5. The number of fused-ring (bicyclic) bond motifs is 1. The lowest BCUT2D eigenvalue weighted by Crippen LogP contribution is -2.29. The van der Waals surface area contributed by atoms with Crippen molar-refractivity contribution >= 4 is 22.6 Å². The van der Waals surface area contributed by atoms with Crippen LogP contribution in [0.15, 0.2) is 21.7 Å². The normalized spacial score (nSPS) is 11.0. The lowest BCUT2D eigenvalue weighted by molar-refractivity contribution is 0.284. The van der Waals surface area contributed by atoms with Crippen LogP contribution in [0.4, 0.5) is 0 Å². The van der Waals surface area contributed by atoms with E-state index in [1.165, 1.54) is 0 Å². The number of nitrogens with one attached hydrogen (secondary N) is 2. The number of unbranched alkanes of at least 4 members (excludes halogenated alkanes) is 1. The van der Waals surface area contributed by atoms with Crippen molar-refractivity contribution in [2.45, 2.75) is 19.3 Å². The van der Waals surface area contributed by atoms with Gasteiger partial charge >= 0.3 is 11.1 Å². The minimum absolute atomic E-state index is 0.131. The number of aliphatic hydroxyl groups excluding tert-OH is 1. The summed E-state index contributed by atoms with van der Waals surface area (Å²) in [6, 6.07) is 3.36. The molecule has 5 nitrogen and oxygen atoms in total. The summed E-state index contributed by atoms with van der Waals surface area (Å²) in [6.07, 6.45) is 2.15. The Morgan fingerprint density at radius 1 is 1.11 bits per heavy atom. The van der Waals surface area contributed by atoms with E-state index in [1.54, 1.807) is 12.1 Å². The molecule has 3 N–H and O–H groups in total. The summed E-state index contributed by atoms with van der Waals surface area (Å²) >= 11 is 5.97. The number of benzene rings is 1. The van der Waals surface area contributed by atoms with Gasteiger partial charge in [0, 0.05) is 11.6 Å². The van der Waals surface area contributed by atoms with E-state index >= 15 is 0 Å². The zero-order valence-electron chi connectivity index (χ0n) is 9.62. The summed E-state index contributed by atoms with van der Waals surface area (Å²) < 4.78 is 0. The van der Waals surface area contributed by atoms with Gasteiger partial charge in [0.05, 0.1) is 11.0 Å². The van der Waals surface area contributed by atoms with Crippen molar-refractivity contribution in [3.05, 3.63) is 43.4 Å². The van der Waals surface area contributed by atoms with Gasteiger partial charge in [0.2, 0.25) is 0 Å². The fraction of sp³-hybridized carbons (Fsp3) is 0.333. The van der Waals surface area contributed by atoms with Crippen molar-refractivity contribution in [2.24, 2.45) is 0 Å². The van der Waals surface area contributed by atoms with Gasteiger partial charge in [-0.15, -0.1) is 0 Å². The Balaban J connectivity index is 2.53. The molecule has 6 heteroatoms. The molecule has 2 aromatic rings. The quantitative estimate of drug-likeness (QED) is 0.575. The topological polar surface area (TPSA) is 85.9 Å². The average molecular weight is 269 g/mol. The van der Waals surface area contributed by atoms with Crippen LogP contribution < -0.4 is 11.1 Å². The first-order valence-corrected chi connectivity index (χ1v) is 6.05. The van der Waals surface area contributed by atoms with Crippen LogP contribution in [0.3, 0.4) is 0 Å². The van der Waals surface area contributed by atoms with E-state index < -0.39 is 11.1 Å². The summed E-state index contributed by atoms with van der Waals surface area (Å²) in [7, 11) is 0. The molecule has 0 atom stereocenters. The van der Waals surface area contributed by atoms with Crippen LogP contribution in [0, 0.1) is 0 Å². The van der Waals surface area contributed by atoms with Crippen LogP contribution in [0.5, 0.6) is 0 Å². The van der Waals surface area contributed by atoms with E-state index in [0.29, 0.717) is 28.9 Å². The Morgan fingerprint density at radius 3 is 2.56 bits per heavy atom. The fourth-order valence-electron chi connectivity index (χ4n) is 1.88. The van der Waals surface area contributed by atoms with Gasteiger partial charge in [0.15, 0.2) is 0 Å². The molecule has 1 aromatic carbocycles. The van der Waals surface area contributed by atoms with Crippen molar-refractivity contribution in [3.8, 4) is 0 Å². The molecule has 18 heavy (non-hydrogen) atoms. The van der Waals surface area contributed by atoms with Crippen molar-refractivity contribution in [1.82, 2.24) is 9.97 Å². The predicted molar refractivity (Wildman–Crippen MR) is 70.2 cm³/mol. The number of aryl methyl sites for hydroxylation is 1. The Bertz CT molecular complexity index is 675. The maximum absolute atomic E-state index is 11.3. The van der Waals surface area contributed by atoms with Crippen LogP contribution in [0.2, 0.25) is 5.02 Å². The Kier molecular flexibility index (Phi) is 3.84. The molecule has 2 rings (SSSR count). The number of rotatable bonds is 4. The summed E-state index contributed by atoms with van der Waals surface area (Å²) in [5.74, 6) is 0. The summed E-state index contributed by atoms with van der Waals surface area (Å²) in [5, 5.41) is 9.27.